The molecule has 0 saturated carbocycles. The van der Waals surface area contributed by atoms with Gasteiger partial charge in [0.25, 0.3) is 0 Å². The largest absolute Gasteiger partial charge is 0.357 e. The van der Waals surface area contributed by atoms with Crippen LogP contribution in [0.2, 0.25) is 0 Å². The Hall–Kier alpha value is -1.27. The van der Waals surface area contributed by atoms with E-state index in [1.807, 2.05) is 0 Å². The first-order chi connectivity index (χ1) is 10.1. The molecule has 2 rings (SSSR count). The second kappa shape index (κ2) is 7.66. The maximum atomic E-state index is 4.71. The fourth-order valence-electron chi connectivity index (χ4n) is 2.06. The highest BCUT2D eigenvalue weighted by Crippen LogP contribution is 2.15. The number of guanidine groups is 1. The van der Waals surface area contributed by atoms with E-state index in [1.165, 1.54) is 11.3 Å². The SMILES string of the molecule is CCNC(=NCc1ccsc1)N(C)Cc1cc(Br)cn1C. The van der Waals surface area contributed by atoms with Gasteiger partial charge in [0.2, 0.25) is 0 Å². The van der Waals surface area contributed by atoms with Crippen molar-refractivity contribution < 1.29 is 0 Å². The maximum Gasteiger partial charge on any atom is 0.194 e. The van der Waals surface area contributed by atoms with E-state index in [0.717, 1.165) is 23.5 Å². The second-order valence-electron chi connectivity index (χ2n) is 4.92. The average Bonchev–Trinajstić information content (AvgIpc) is 3.05. The average molecular weight is 369 g/mol. The number of hydrogen-bond donors (Lipinski definition) is 1. The molecule has 0 fully saturated rings. The van der Waals surface area contributed by atoms with Crippen LogP contribution in [0.5, 0.6) is 0 Å². The number of hydrogen-bond acceptors (Lipinski definition) is 2. The van der Waals surface area contributed by atoms with Crippen LogP contribution in [0, 0.1) is 0 Å². The van der Waals surface area contributed by atoms with Gasteiger partial charge in [-0.25, -0.2) is 4.99 Å². The number of aryl methyl sites for hydroxylation is 1. The van der Waals surface area contributed by atoms with Gasteiger partial charge in [-0.2, -0.15) is 11.3 Å². The molecule has 0 amide bonds. The number of nitrogens with zero attached hydrogens (tertiary/aromatic N) is 3. The molecule has 6 heteroatoms. The molecule has 0 aliphatic rings. The van der Waals surface area contributed by atoms with E-state index in [0.29, 0.717) is 6.54 Å². The number of aliphatic imine (C=N–C) groups is 1. The van der Waals surface area contributed by atoms with Crippen molar-refractivity contribution in [1.82, 2.24) is 14.8 Å². The zero-order valence-corrected chi connectivity index (χ0v) is 15.0. The van der Waals surface area contributed by atoms with Crippen LogP contribution in [-0.2, 0) is 20.1 Å². The van der Waals surface area contributed by atoms with Crippen molar-refractivity contribution in [3.8, 4) is 0 Å². The smallest absolute Gasteiger partial charge is 0.194 e. The lowest BCUT2D eigenvalue weighted by molar-refractivity contribution is 0.462. The van der Waals surface area contributed by atoms with Crippen LogP contribution in [0.15, 0.2) is 38.6 Å². The molecule has 2 aromatic rings. The van der Waals surface area contributed by atoms with Gasteiger partial charge in [0.1, 0.15) is 0 Å². The Bertz CT molecular complexity index is 589. The topological polar surface area (TPSA) is 32.6 Å². The van der Waals surface area contributed by atoms with Crippen molar-refractivity contribution in [2.75, 3.05) is 13.6 Å². The van der Waals surface area contributed by atoms with Crippen LogP contribution in [0.3, 0.4) is 0 Å². The molecule has 4 nitrogen and oxygen atoms in total. The van der Waals surface area contributed by atoms with E-state index in [4.69, 9.17) is 4.99 Å². The van der Waals surface area contributed by atoms with Crippen molar-refractivity contribution in [1.29, 1.82) is 0 Å². The number of thiophene rings is 1. The molecule has 0 aliphatic heterocycles. The molecule has 0 bridgehead atoms. The molecule has 114 valence electrons. The predicted molar refractivity (Wildman–Crippen MR) is 93.7 cm³/mol. The molecule has 0 aliphatic carbocycles. The Morgan fingerprint density at radius 3 is 2.90 bits per heavy atom. The second-order valence-corrected chi connectivity index (χ2v) is 6.61. The number of nitrogens with one attached hydrogen (secondary N) is 1. The van der Waals surface area contributed by atoms with Crippen LogP contribution >= 0.6 is 27.3 Å². The Morgan fingerprint density at radius 2 is 2.33 bits per heavy atom. The first-order valence-corrected chi connectivity index (χ1v) is 8.65. The van der Waals surface area contributed by atoms with E-state index in [9.17, 15) is 0 Å². The van der Waals surface area contributed by atoms with Crippen molar-refractivity contribution in [3.63, 3.8) is 0 Å². The lowest BCUT2D eigenvalue weighted by Crippen LogP contribution is -2.38. The van der Waals surface area contributed by atoms with Crippen LogP contribution in [0.1, 0.15) is 18.2 Å². The Balaban J connectivity index is 2.06. The molecule has 2 heterocycles. The van der Waals surface area contributed by atoms with Crippen molar-refractivity contribution in [2.24, 2.45) is 12.0 Å². The summed E-state index contributed by atoms with van der Waals surface area (Å²) in [6, 6.07) is 4.25. The summed E-state index contributed by atoms with van der Waals surface area (Å²) in [7, 11) is 4.12. The lowest BCUT2D eigenvalue weighted by Gasteiger charge is -2.22. The minimum atomic E-state index is 0.715. The Morgan fingerprint density at radius 1 is 1.52 bits per heavy atom. The first kappa shape index (κ1) is 16.1. The summed E-state index contributed by atoms with van der Waals surface area (Å²) in [5.41, 5.74) is 2.50. The van der Waals surface area contributed by atoms with Crippen LogP contribution in [0.25, 0.3) is 0 Å². The fraction of sp³-hybridized carbons (Fsp3) is 0.400. The standard InChI is InChI=1S/C15H21BrN4S/c1-4-17-15(18-8-12-5-6-21-11-12)20(3)10-14-7-13(16)9-19(14)2/h5-7,9,11H,4,8,10H2,1-3H3,(H,17,18). The third kappa shape index (κ3) is 4.61. The molecule has 1 N–H and O–H groups in total. The molecule has 0 unspecified atom stereocenters. The van der Waals surface area contributed by atoms with Crippen LogP contribution in [0.4, 0.5) is 0 Å². The molecule has 0 aromatic carbocycles. The third-order valence-electron chi connectivity index (χ3n) is 3.16. The first-order valence-electron chi connectivity index (χ1n) is 6.91. The van der Waals surface area contributed by atoms with Gasteiger partial charge in [0, 0.05) is 37.0 Å². The minimum Gasteiger partial charge on any atom is -0.357 e. The summed E-state index contributed by atoms with van der Waals surface area (Å²) in [4.78, 5) is 6.86. The Labute approximate surface area is 138 Å². The molecule has 0 radical (unpaired) electrons. The molecule has 0 spiro atoms. The van der Waals surface area contributed by atoms with E-state index in [1.54, 1.807) is 11.3 Å². The maximum absolute atomic E-state index is 4.71. The van der Waals surface area contributed by atoms with Crippen molar-refractivity contribution in [2.45, 2.75) is 20.0 Å². The van der Waals surface area contributed by atoms with E-state index in [2.05, 4.69) is 80.8 Å². The lowest BCUT2D eigenvalue weighted by atomic mass is 10.3. The van der Waals surface area contributed by atoms with Crippen molar-refractivity contribution in [3.05, 3.63) is 44.8 Å². The van der Waals surface area contributed by atoms with Gasteiger partial charge < -0.3 is 14.8 Å². The molecule has 2 aromatic heterocycles. The highest BCUT2D eigenvalue weighted by Gasteiger charge is 2.09. The third-order valence-corrected chi connectivity index (χ3v) is 4.33. The quantitative estimate of drug-likeness (QED) is 0.647. The summed E-state index contributed by atoms with van der Waals surface area (Å²) in [6.45, 7) is 4.49. The molecule has 0 atom stereocenters. The van der Waals surface area contributed by atoms with Gasteiger partial charge in [-0.1, -0.05) is 0 Å². The monoisotopic (exact) mass is 368 g/mol. The van der Waals surface area contributed by atoms with Gasteiger partial charge in [0.05, 0.1) is 13.1 Å². The number of halogens is 1. The molecule has 21 heavy (non-hydrogen) atoms. The summed E-state index contributed by atoms with van der Waals surface area (Å²) in [5.74, 6) is 0.932. The molecular weight excluding hydrogens is 348 g/mol. The summed E-state index contributed by atoms with van der Waals surface area (Å²) >= 11 is 5.22. The number of rotatable bonds is 5. The molecule has 0 saturated heterocycles. The molecular formula is C15H21BrN4S. The summed E-state index contributed by atoms with van der Waals surface area (Å²) < 4.78 is 3.23. The normalized spacial score (nSPS) is 11.7. The van der Waals surface area contributed by atoms with Crippen molar-refractivity contribution >= 4 is 33.2 Å². The summed E-state index contributed by atoms with van der Waals surface area (Å²) in [6.07, 6.45) is 2.07. The van der Waals surface area contributed by atoms with Crippen LogP contribution in [-0.4, -0.2) is 29.0 Å². The van der Waals surface area contributed by atoms with Gasteiger partial charge >= 0.3 is 0 Å². The van der Waals surface area contributed by atoms with Gasteiger partial charge in [-0.05, 0) is 51.3 Å². The van der Waals surface area contributed by atoms with Gasteiger partial charge in [0.15, 0.2) is 5.96 Å². The van der Waals surface area contributed by atoms with Gasteiger partial charge in [-0.15, -0.1) is 0 Å². The Kier molecular flexibility index (Phi) is 5.87. The van der Waals surface area contributed by atoms with Gasteiger partial charge in [-0.3, -0.25) is 0 Å². The summed E-state index contributed by atoms with van der Waals surface area (Å²) in [5, 5.41) is 7.58. The highest BCUT2D eigenvalue weighted by atomic mass is 79.9. The minimum absolute atomic E-state index is 0.715. The predicted octanol–water partition coefficient (Wildman–Crippen LogP) is 3.45. The van der Waals surface area contributed by atoms with Crippen LogP contribution < -0.4 is 5.32 Å². The van der Waals surface area contributed by atoms with E-state index < -0.39 is 0 Å². The highest BCUT2D eigenvalue weighted by molar-refractivity contribution is 9.10. The fourth-order valence-corrected chi connectivity index (χ4v) is 3.29. The van der Waals surface area contributed by atoms with E-state index >= 15 is 0 Å². The zero-order chi connectivity index (χ0) is 15.2. The number of aromatic nitrogens is 1. The zero-order valence-electron chi connectivity index (χ0n) is 12.6. The van der Waals surface area contributed by atoms with E-state index in [-0.39, 0.29) is 0 Å².